The van der Waals surface area contributed by atoms with E-state index in [2.05, 4.69) is 5.32 Å². The highest BCUT2D eigenvalue weighted by atomic mass is 127. The molecule has 0 aliphatic rings. The van der Waals surface area contributed by atoms with Gasteiger partial charge in [-0.05, 0) is 58.2 Å². The normalized spacial score (nSPS) is 10.9. The Morgan fingerprint density at radius 2 is 2.20 bits per heavy atom. The molecule has 130 valence electrons. The SMILES string of the molecule is CON(C)C(=O)c1c(Nc2ccc(I)cc2F)sc2c1ccc[n+]2[O-]. The molecule has 2 heterocycles. The maximum absolute atomic E-state index is 14.2. The zero-order valence-corrected chi connectivity index (χ0v) is 16.2. The molecule has 25 heavy (non-hydrogen) atoms. The zero-order valence-electron chi connectivity index (χ0n) is 13.2. The number of pyridine rings is 1. The van der Waals surface area contributed by atoms with Gasteiger partial charge in [-0.1, -0.05) is 0 Å². The summed E-state index contributed by atoms with van der Waals surface area (Å²) in [5.41, 5.74) is 0.478. The van der Waals surface area contributed by atoms with Crippen molar-refractivity contribution in [3.8, 4) is 0 Å². The number of benzene rings is 1. The molecule has 0 aliphatic heterocycles. The van der Waals surface area contributed by atoms with Gasteiger partial charge in [0.15, 0.2) is 6.20 Å². The Labute approximate surface area is 160 Å². The number of aromatic nitrogens is 1. The van der Waals surface area contributed by atoms with Crippen molar-refractivity contribution >= 4 is 60.7 Å². The smallest absolute Gasteiger partial charge is 0.282 e. The molecule has 0 bridgehead atoms. The van der Waals surface area contributed by atoms with E-state index >= 15 is 0 Å². The Bertz CT molecular complexity index is 963. The van der Waals surface area contributed by atoms with E-state index in [-0.39, 0.29) is 11.3 Å². The summed E-state index contributed by atoms with van der Waals surface area (Å²) in [6.45, 7) is 0. The number of hydrogen-bond acceptors (Lipinski definition) is 5. The number of carbonyl (C=O) groups excluding carboxylic acids is 1. The molecule has 0 saturated carbocycles. The van der Waals surface area contributed by atoms with Gasteiger partial charge in [0.25, 0.3) is 10.7 Å². The monoisotopic (exact) mass is 473 g/mol. The van der Waals surface area contributed by atoms with Crippen molar-refractivity contribution in [2.45, 2.75) is 0 Å². The molecule has 0 atom stereocenters. The first-order chi connectivity index (χ1) is 11.9. The van der Waals surface area contributed by atoms with Crippen molar-refractivity contribution in [1.29, 1.82) is 0 Å². The average molecular weight is 473 g/mol. The second-order valence-electron chi connectivity index (χ2n) is 5.09. The summed E-state index contributed by atoms with van der Waals surface area (Å²) in [6.07, 6.45) is 1.35. The van der Waals surface area contributed by atoms with Crippen molar-refractivity contribution in [2.24, 2.45) is 0 Å². The molecule has 6 nitrogen and oxygen atoms in total. The van der Waals surface area contributed by atoms with Crippen LogP contribution in [0.25, 0.3) is 10.2 Å². The van der Waals surface area contributed by atoms with Gasteiger partial charge in [-0.3, -0.25) is 9.63 Å². The predicted molar refractivity (Wildman–Crippen MR) is 102 cm³/mol. The molecule has 1 N–H and O–H groups in total. The predicted octanol–water partition coefficient (Wildman–Crippen LogP) is 3.66. The van der Waals surface area contributed by atoms with E-state index < -0.39 is 11.7 Å². The van der Waals surface area contributed by atoms with Crippen LogP contribution in [0, 0.1) is 14.6 Å². The topological polar surface area (TPSA) is 68.5 Å². The van der Waals surface area contributed by atoms with Gasteiger partial charge in [0.1, 0.15) is 10.8 Å². The fraction of sp³-hybridized carbons (Fsp3) is 0.125. The van der Waals surface area contributed by atoms with Crippen LogP contribution in [-0.2, 0) is 4.84 Å². The van der Waals surface area contributed by atoms with E-state index in [1.807, 2.05) is 22.6 Å². The Morgan fingerprint density at radius 3 is 2.88 bits per heavy atom. The summed E-state index contributed by atoms with van der Waals surface area (Å²) >= 11 is 3.09. The van der Waals surface area contributed by atoms with Gasteiger partial charge < -0.3 is 10.5 Å². The molecule has 0 radical (unpaired) electrons. The molecule has 0 spiro atoms. The summed E-state index contributed by atoms with van der Waals surface area (Å²) in [5, 5.41) is 16.9. The number of amides is 1. The van der Waals surface area contributed by atoms with E-state index in [0.29, 0.717) is 19.9 Å². The maximum Gasteiger partial charge on any atom is 0.282 e. The van der Waals surface area contributed by atoms with Gasteiger partial charge in [-0.2, -0.15) is 4.73 Å². The molecule has 3 aromatic rings. The van der Waals surface area contributed by atoms with Crippen LogP contribution in [0.15, 0.2) is 36.5 Å². The molecular formula is C16H13FIN3O3S. The number of fused-ring (bicyclic) bond motifs is 1. The van der Waals surface area contributed by atoms with E-state index in [0.717, 1.165) is 20.0 Å². The van der Waals surface area contributed by atoms with Crippen molar-refractivity contribution < 1.29 is 18.8 Å². The van der Waals surface area contributed by atoms with E-state index in [1.54, 1.807) is 24.3 Å². The maximum atomic E-state index is 14.2. The van der Waals surface area contributed by atoms with Crippen LogP contribution in [0.5, 0.6) is 0 Å². The first-order valence-electron chi connectivity index (χ1n) is 7.11. The molecule has 2 aromatic heterocycles. The molecule has 0 saturated heterocycles. The molecule has 0 fully saturated rings. The van der Waals surface area contributed by atoms with Gasteiger partial charge in [0.2, 0.25) is 0 Å². The molecule has 1 aromatic carbocycles. The van der Waals surface area contributed by atoms with Crippen molar-refractivity contribution in [3.05, 3.63) is 56.7 Å². The minimum atomic E-state index is -0.446. The number of nitrogens with zero attached hydrogens (tertiary/aromatic N) is 2. The standard InChI is InChI=1S/C16H13FIN3O3S/c1-20(24-2)15(22)13-10-4-3-7-21(23)16(10)25-14(13)19-12-6-5-9(18)8-11(12)17/h3-8,19H,1-2H3. The van der Waals surface area contributed by atoms with E-state index in [1.165, 1.54) is 26.4 Å². The summed E-state index contributed by atoms with van der Waals surface area (Å²) < 4.78 is 15.6. The van der Waals surface area contributed by atoms with Crippen molar-refractivity contribution in [3.63, 3.8) is 0 Å². The van der Waals surface area contributed by atoms with Crippen LogP contribution in [0.1, 0.15) is 10.4 Å². The summed E-state index contributed by atoms with van der Waals surface area (Å²) in [4.78, 5) is 18.0. The number of thiophene rings is 1. The zero-order chi connectivity index (χ0) is 18.1. The third kappa shape index (κ3) is 3.39. The van der Waals surface area contributed by atoms with E-state index in [9.17, 15) is 14.4 Å². The lowest BCUT2D eigenvalue weighted by atomic mass is 10.2. The molecule has 3 rings (SSSR count). The van der Waals surface area contributed by atoms with Crippen molar-refractivity contribution in [2.75, 3.05) is 19.5 Å². The second-order valence-corrected chi connectivity index (χ2v) is 7.34. The van der Waals surface area contributed by atoms with Gasteiger partial charge in [-0.15, -0.1) is 0 Å². The van der Waals surface area contributed by atoms with Crippen LogP contribution >= 0.6 is 33.9 Å². The largest absolute Gasteiger partial charge is 0.618 e. The highest BCUT2D eigenvalue weighted by Crippen LogP contribution is 2.37. The second kappa shape index (κ2) is 7.10. The lowest BCUT2D eigenvalue weighted by Gasteiger charge is -2.15. The number of hydrogen-bond donors (Lipinski definition) is 1. The van der Waals surface area contributed by atoms with Gasteiger partial charge >= 0.3 is 0 Å². The number of hydroxylamine groups is 2. The van der Waals surface area contributed by atoms with Crippen molar-refractivity contribution in [1.82, 2.24) is 5.06 Å². The molecule has 0 unspecified atom stereocenters. The third-order valence-corrected chi connectivity index (χ3v) is 5.34. The number of anilines is 2. The van der Waals surface area contributed by atoms with Crippen LogP contribution in [0.4, 0.5) is 15.1 Å². The van der Waals surface area contributed by atoms with Gasteiger partial charge in [0.05, 0.1) is 23.7 Å². The van der Waals surface area contributed by atoms with Gasteiger partial charge in [0, 0.05) is 16.7 Å². The Hall–Kier alpha value is -1.98. The number of nitrogens with one attached hydrogen (secondary N) is 1. The van der Waals surface area contributed by atoms with Gasteiger partial charge in [-0.25, -0.2) is 9.45 Å². The van der Waals surface area contributed by atoms with Crippen LogP contribution in [0.2, 0.25) is 0 Å². The minimum absolute atomic E-state index is 0.221. The molecule has 1 amide bonds. The average Bonchev–Trinajstić information content (AvgIpc) is 2.95. The van der Waals surface area contributed by atoms with E-state index in [4.69, 9.17) is 4.84 Å². The lowest BCUT2D eigenvalue weighted by molar-refractivity contribution is -0.574. The van der Waals surface area contributed by atoms with Crippen LogP contribution in [-0.4, -0.2) is 25.1 Å². The summed E-state index contributed by atoms with van der Waals surface area (Å²) in [6, 6.07) is 7.94. The highest BCUT2D eigenvalue weighted by molar-refractivity contribution is 14.1. The molecule has 0 aliphatic carbocycles. The quantitative estimate of drug-likeness (QED) is 0.272. The number of halogens is 2. The Balaban J connectivity index is 2.16. The number of carbonyl (C=O) groups is 1. The first-order valence-corrected chi connectivity index (χ1v) is 9.00. The highest BCUT2D eigenvalue weighted by Gasteiger charge is 2.26. The lowest BCUT2D eigenvalue weighted by Crippen LogP contribution is -2.27. The summed E-state index contributed by atoms with van der Waals surface area (Å²) in [7, 11) is 2.83. The Morgan fingerprint density at radius 1 is 1.44 bits per heavy atom. The fourth-order valence-corrected chi connectivity index (χ4v) is 3.83. The molecular weight excluding hydrogens is 460 g/mol. The fourth-order valence-electron chi connectivity index (χ4n) is 2.29. The van der Waals surface area contributed by atoms with Crippen LogP contribution in [0.3, 0.4) is 0 Å². The summed E-state index contributed by atoms with van der Waals surface area (Å²) in [5.74, 6) is -0.883. The first kappa shape index (κ1) is 17.8. The minimum Gasteiger partial charge on any atom is -0.618 e. The third-order valence-electron chi connectivity index (χ3n) is 3.56. The number of rotatable bonds is 4. The van der Waals surface area contributed by atoms with Crippen LogP contribution < -0.4 is 10.0 Å². The molecule has 9 heteroatoms. The Kier molecular flexibility index (Phi) is 5.06.